The van der Waals surface area contributed by atoms with Crippen LogP contribution in [0.4, 0.5) is 0 Å². The second-order valence-corrected chi connectivity index (χ2v) is 5.20. The third-order valence-corrected chi connectivity index (χ3v) is 3.56. The van der Waals surface area contributed by atoms with Crippen LogP contribution in [0.3, 0.4) is 0 Å². The largest absolute Gasteiger partial charge is 0.493 e. The lowest BCUT2D eigenvalue weighted by atomic mass is 9.97. The first-order chi connectivity index (χ1) is 11.0. The van der Waals surface area contributed by atoms with E-state index in [2.05, 4.69) is 5.32 Å². The van der Waals surface area contributed by atoms with Gasteiger partial charge >= 0.3 is 0 Å². The van der Waals surface area contributed by atoms with Crippen molar-refractivity contribution in [2.24, 2.45) is 0 Å². The molecule has 1 fully saturated rings. The molecule has 0 bridgehead atoms. The summed E-state index contributed by atoms with van der Waals surface area (Å²) in [4.78, 5) is 11.3. The molecule has 2 rings (SSSR count). The van der Waals surface area contributed by atoms with Gasteiger partial charge in [-0.3, -0.25) is 4.79 Å². The van der Waals surface area contributed by atoms with Gasteiger partial charge in [0.05, 0.1) is 13.7 Å². The van der Waals surface area contributed by atoms with Gasteiger partial charge in [0, 0.05) is 6.92 Å². The summed E-state index contributed by atoms with van der Waals surface area (Å²) in [5.74, 6) is 0.371. The maximum Gasteiger partial charge on any atom is 0.223 e. The molecule has 1 saturated heterocycles. The summed E-state index contributed by atoms with van der Waals surface area (Å²) in [6.45, 7) is 0.772. The zero-order valence-electron chi connectivity index (χ0n) is 12.9. The van der Waals surface area contributed by atoms with Crippen LogP contribution in [0.2, 0.25) is 0 Å². The van der Waals surface area contributed by atoms with Crippen molar-refractivity contribution in [1.29, 1.82) is 0 Å². The number of carbonyl (C=O) groups excluding carboxylic acids is 1. The Bertz CT molecular complexity index is 538. The lowest BCUT2D eigenvalue weighted by molar-refractivity contribution is -0.244. The zero-order valence-corrected chi connectivity index (χ0v) is 12.9. The molecule has 1 aromatic carbocycles. The summed E-state index contributed by atoms with van der Waals surface area (Å²) in [6, 6.07) is 5.80. The van der Waals surface area contributed by atoms with Crippen molar-refractivity contribution in [2.75, 3.05) is 13.7 Å². The standard InChI is InChI=1S/C15H21NO7/c1-8(18)16-12-14(20)13(19)11(7-17)23-15(12)22-10-6-4-3-5-9(10)21-2/h3-6,11-15,17,19-20H,7H2,1-2H3,(H,16,18). The molecule has 128 valence electrons. The van der Waals surface area contributed by atoms with Crippen molar-refractivity contribution in [3.8, 4) is 11.5 Å². The topological polar surface area (TPSA) is 117 Å². The Kier molecular flexibility index (Phi) is 5.78. The van der Waals surface area contributed by atoms with Crippen LogP contribution >= 0.6 is 0 Å². The Hall–Kier alpha value is -1.87. The van der Waals surface area contributed by atoms with E-state index in [4.69, 9.17) is 14.2 Å². The van der Waals surface area contributed by atoms with Crippen LogP contribution in [0.15, 0.2) is 24.3 Å². The molecule has 1 aliphatic rings. The lowest BCUT2D eigenvalue weighted by Gasteiger charge is -2.42. The van der Waals surface area contributed by atoms with Crippen molar-refractivity contribution in [3.63, 3.8) is 0 Å². The van der Waals surface area contributed by atoms with Gasteiger partial charge in [-0.1, -0.05) is 12.1 Å². The first-order valence-corrected chi connectivity index (χ1v) is 7.17. The van der Waals surface area contributed by atoms with Crippen molar-refractivity contribution < 1.29 is 34.3 Å². The van der Waals surface area contributed by atoms with E-state index in [-0.39, 0.29) is 0 Å². The van der Waals surface area contributed by atoms with Crippen molar-refractivity contribution in [1.82, 2.24) is 5.32 Å². The van der Waals surface area contributed by atoms with Crippen LogP contribution in [-0.2, 0) is 9.53 Å². The number of amides is 1. The monoisotopic (exact) mass is 327 g/mol. The smallest absolute Gasteiger partial charge is 0.223 e. The molecule has 4 N–H and O–H groups in total. The fourth-order valence-corrected chi connectivity index (χ4v) is 2.41. The fourth-order valence-electron chi connectivity index (χ4n) is 2.41. The Morgan fingerprint density at radius 3 is 2.48 bits per heavy atom. The maximum atomic E-state index is 11.3. The quantitative estimate of drug-likeness (QED) is 0.549. The predicted octanol–water partition coefficient (Wildman–Crippen LogP) is -0.982. The molecule has 1 heterocycles. The molecular formula is C15H21NO7. The highest BCUT2D eigenvalue weighted by Crippen LogP contribution is 2.30. The molecule has 1 aromatic rings. The molecule has 0 radical (unpaired) electrons. The van der Waals surface area contributed by atoms with E-state index in [1.54, 1.807) is 24.3 Å². The number of hydrogen-bond donors (Lipinski definition) is 4. The van der Waals surface area contributed by atoms with Crippen LogP contribution in [-0.4, -0.2) is 65.6 Å². The zero-order chi connectivity index (χ0) is 17.0. The van der Waals surface area contributed by atoms with Gasteiger partial charge in [0.2, 0.25) is 12.2 Å². The minimum Gasteiger partial charge on any atom is -0.493 e. The van der Waals surface area contributed by atoms with Crippen molar-refractivity contribution in [3.05, 3.63) is 24.3 Å². The number of nitrogens with one attached hydrogen (secondary N) is 1. The molecule has 8 heteroatoms. The van der Waals surface area contributed by atoms with E-state index in [1.807, 2.05) is 0 Å². The Morgan fingerprint density at radius 2 is 1.91 bits per heavy atom. The van der Waals surface area contributed by atoms with E-state index in [9.17, 15) is 20.1 Å². The summed E-state index contributed by atoms with van der Waals surface area (Å²) >= 11 is 0. The van der Waals surface area contributed by atoms with Gasteiger partial charge in [-0.2, -0.15) is 0 Å². The van der Waals surface area contributed by atoms with Gasteiger partial charge in [0.25, 0.3) is 0 Å². The summed E-state index contributed by atoms with van der Waals surface area (Å²) in [7, 11) is 1.48. The summed E-state index contributed by atoms with van der Waals surface area (Å²) in [6.07, 6.45) is -4.85. The van der Waals surface area contributed by atoms with Crippen LogP contribution in [0.5, 0.6) is 11.5 Å². The molecule has 0 spiro atoms. The fraction of sp³-hybridized carbons (Fsp3) is 0.533. The molecule has 23 heavy (non-hydrogen) atoms. The number of aliphatic hydroxyl groups excluding tert-OH is 3. The normalized spacial score (nSPS) is 30.6. The Balaban J connectivity index is 2.25. The van der Waals surface area contributed by atoms with Crippen LogP contribution < -0.4 is 14.8 Å². The molecule has 5 atom stereocenters. The summed E-state index contributed by atoms with van der Waals surface area (Å²) in [5.41, 5.74) is 0. The van der Waals surface area contributed by atoms with Crippen LogP contribution in [0.1, 0.15) is 6.92 Å². The first kappa shape index (κ1) is 17.5. The summed E-state index contributed by atoms with van der Waals surface area (Å²) in [5, 5.41) is 31.9. The third kappa shape index (κ3) is 3.91. The molecule has 1 amide bonds. The van der Waals surface area contributed by atoms with E-state index < -0.39 is 43.2 Å². The third-order valence-electron chi connectivity index (χ3n) is 3.56. The van der Waals surface area contributed by atoms with Gasteiger partial charge in [-0.25, -0.2) is 0 Å². The highest BCUT2D eigenvalue weighted by Gasteiger charge is 2.46. The number of para-hydroxylation sites is 2. The van der Waals surface area contributed by atoms with Gasteiger partial charge in [0.1, 0.15) is 24.4 Å². The van der Waals surface area contributed by atoms with Crippen LogP contribution in [0.25, 0.3) is 0 Å². The van der Waals surface area contributed by atoms with Crippen molar-refractivity contribution >= 4 is 5.91 Å². The molecule has 0 aliphatic carbocycles. The van der Waals surface area contributed by atoms with E-state index in [1.165, 1.54) is 14.0 Å². The van der Waals surface area contributed by atoms with E-state index in [0.717, 1.165) is 0 Å². The Labute approximate surface area is 133 Å². The van der Waals surface area contributed by atoms with E-state index in [0.29, 0.717) is 11.5 Å². The highest BCUT2D eigenvalue weighted by molar-refractivity contribution is 5.73. The SMILES string of the molecule is COc1ccccc1OC1OC(CO)C(O)C(O)C1NC(C)=O. The molecule has 1 aliphatic heterocycles. The second-order valence-electron chi connectivity index (χ2n) is 5.20. The number of benzene rings is 1. The minimum absolute atomic E-state index is 0.343. The first-order valence-electron chi connectivity index (χ1n) is 7.17. The molecule has 8 nitrogen and oxygen atoms in total. The number of rotatable bonds is 5. The lowest BCUT2D eigenvalue weighted by Crippen LogP contribution is -2.65. The molecule has 0 saturated carbocycles. The van der Waals surface area contributed by atoms with Gasteiger partial charge < -0.3 is 34.8 Å². The average molecular weight is 327 g/mol. The predicted molar refractivity (Wildman–Crippen MR) is 79.0 cm³/mol. The molecule has 5 unspecified atom stereocenters. The maximum absolute atomic E-state index is 11.3. The number of methoxy groups -OCH3 is 1. The number of hydrogen-bond acceptors (Lipinski definition) is 7. The van der Waals surface area contributed by atoms with Crippen molar-refractivity contribution in [2.45, 2.75) is 37.6 Å². The Morgan fingerprint density at radius 1 is 1.26 bits per heavy atom. The molecule has 0 aromatic heterocycles. The van der Waals surface area contributed by atoms with E-state index >= 15 is 0 Å². The van der Waals surface area contributed by atoms with Gasteiger partial charge in [0.15, 0.2) is 11.5 Å². The summed E-state index contributed by atoms with van der Waals surface area (Å²) < 4.78 is 16.4. The number of aliphatic hydroxyl groups is 3. The minimum atomic E-state index is -1.36. The van der Waals surface area contributed by atoms with Crippen LogP contribution in [0, 0.1) is 0 Å². The van der Waals surface area contributed by atoms with Gasteiger partial charge in [-0.05, 0) is 12.1 Å². The highest BCUT2D eigenvalue weighted by atomic mass is 16.7. The molecular weight excluding hydrogens is 306 g/mol. The second kappa shape index (κ2) is 7.60. The van der Waals surface area contributed by atoms with Gasteiger partial charge in [-0.15, -0.1) is 0 Å². The number of ether oxygens (including phenoxy) is 3. The average Bonchev–Trinajstić information content (AvgIpc) is 2.54. The number of carbonyl (C=O) groups is 1.